The van der Waals surface area contributed by atoms with Crippen LogP contribution in [0, 0.1) is 0 Å². The lowest BCUT2D eigenvalue weighted by Gasteiger charge is -2.22. The van der Waals surface area contributed by atoms with Crippen molar-refractivity contribution in [2.75, 3.05) is 5.32 Å². The van der Waals surface area contributed by atoms with Gasteiger partial charge in [0, 0.05) is 12.0 Å². The van der Waals surface area contributed by atoms with Crippen LogP contribution in [0.1, 0.15) is 6.42 Å². The predicted molar refractivity (Wildman–Crippen MR) is 73.0 cm³/mol. The number of halogens is 1. The highest BCUT2D eigenvalue weighted by Crippen LogP contribution is 2.22. The van der Waals surface area contributed by atoms with Crippen LogP contribution in [0.5, 0.6) is 0 Å². The quantitative estimate of drug-likeness (QED) is 0.712. The standard InChI is InChI=1S/C13H14ClN3O/c14-10-3-1-2-4-11(10)17-12(18)9-5-7-13(15,16)8-6-9/h1-7H,8,15-16H2,(H,17,18). The fraction of sp³-hybridized carbons (Fsp3) is 0.154. The largest absolute Gasteiger partial charge is 0.321 e. The third kappa shape index (κ3) is 2.98. The van der Waals surface area contributed by atoms with Crippen molar-refractivity contribution >= 4 is 23.2 Å². The van der Waals surface area contributed by atoms with Gasteiger partial charge in [-0.1, -0.05) is 35.9 Å². The molecule has 5 N–H and O–H groups in total. The van der Waals surface area contributed by atoms with E-state index in [0.717, 1.165) is 0 Å². The highest BCUT2D eigenvalue weighted by Gasteiger charge is 2.20. The van der Waals surface area contributed by atoms with Gasteiger partial charge >= 0.3 is 0 Å². The van der Waals surface area contributed by atoms with E-state index in [1.54, 1.807) is 42.5 Å². The Hall–Kier alpha value is -1.62. The van der Waals surface area contributed by atoms with Crippen molar-refractivity contribution in [2.24, 2.45) is 11.5 Å². The minimum absolute atomic E-state index is 0.227. The van der Waals surface area contributed by atoms with Gasteiger partial charge in [-0.3, -0.25) is 4.79 Å². The van der Waals surface area contributed by atoms with Crippen molar-refractivity contribution in [1.29, 1.82) is 0 Å². The number of benzene rings is 1. The van der Waals surface area contributed by atoms with Gasteiger partial charge in [0.05, 0.1) is 16.4 Å². The summed E-state index contributed by atoms with van der Waals surface area (Å²) >= 11 is 5.96. The van der Waals surface area contributed by atoms with E-state index in [4.69, 9.17) is 23.1 Å². The Labute approximate surface area is 110 Å². The molecule has 1 aromatic rings. The molecule has 94 valence electrons. The molecule has 2 rings (SSSR count). The topological polar surface area (TPSA) is 81.1 Å². The fourth-order valence-electron chi connectivity index (χ4n) is 1.59. The molecule has 0 aliphatic heterocycles. The zero-order valence-electron chi connectivity index (χ0n) is 9.69. The molecule has 0 bridgehead atoms. The average Bonchev–Trinajstić information content (AvgIpc) is 2.32. The van der Waals surface area contributed by atoms with Crippen molar-refractivity contribution in [3.05, 3.63) is 53.1 Å². The van der Waals surface area contributed by atoms with Crippen molar-refractivity contribution in [3.63, 3.8) is 0 Å². The van der Waals surface area contributed by atoms with E-state index in [-0.39, 0.29) is 5.91 Å². The van der Waals surface area contributed by atoms with Gasteiger partial charge in [0.1, 0.15) is 0 Å². The first-order valence-electron chi connectivity index (χ1n) is 5.51. The molecule has 18 heavy (non-hydrogen) atoms. The maximum Gasteiger partial charge on any atom is 0.255 e. The van der Waals surface area contributed by atoms with Crippen LogP contribution in [0.25, 0.3) is 0 Å². The Kier molecular flexibility index (Phi) is 3.52. The molecule has 4 nitrogen and oxygen atoms in total. The summed E-state index contributed by atoms with van der Waals surface area (Å²) in [5.41, 5.74) is 11.7. The minimum atomic E-state index is -0.867. The summed E-state index contributed by atoms with van der Waals surface area (Å²) in [4.78, 5) is 12.0. The third-order valence-corrected chi connectivity index (χ3v) is 2.96. The van der Waals surface area contributed by atoms with Crippen LogP contribution in [0.2, 0.25) is 5.02 Å². The van der Waals surface area contributed by atoms with Gasteiger partial charge in [-0.2, -0.15) is 0 Å². The highest BCUT2D eigenvalue weighted by atomic mass is 35.5. The number of anilines is 1. The number of hydrogen-bond acceptors (Lipinski definition) is 3. The number of amides is 1. The Morgan fingerprint density at radius 2 is 2.06 bits per heavy atom. The fourth-order valence-corrected chi connectivity index (χ4v) is 1.78. The molecule has 1 amide bonds. The van der Waals surface area contributed by atoms with Crippen molar-refractivity contribution in [3.8, 4) is 0 Å². The van der Waals surface area contributed by atoms with E-state index in [0.29, 0.717) is 22.7 Å². The first kappa shape index (κ1) is 12.8. The van der Waals surface area contributed by atoms with Crippen LogP contribution in [0.4, 0.5) is 5.69 Å². The third-order valence-electron chi connectivity index (χ3n) is 2.63. The van der Waals surface area contributed by atoms with Crippen LogP contribution < -0.4 is 16.8 Å². The van der Waals surface area contributed by atoms with Crippen LogP contribution in [-0.4, -0.2) is 11.6 Å². The zero-order valence-corrected chi connectivity index (χ0v) is 10.4. The maximum atomic E-state index is 12.0. The molecule has 0 heterocycles. The Morgan fingerprint density at radius 1 is 1.33 bits per heavy atom. The van der Waals surface area contributed by atoms with Crippen LogP contribution in [0.3, 0.4) is 0 Å². The summed E-state index contributed by atoms with van der Waals surface area (Å²) < 4.78 is 0. The van der Waals surface area contributed by atoms with Gasteiger partial charge in [-0.15, -0.1) is 0 Å². The lowest BCUT2D eigenvalue weighted by atomic mass is 9.98. The molecular formula is C13H14ClN3O. The van der Waals surface area contributed by atoms with Crippen LogP contribution in [-0.2, 0) is 4.79 Å². The lowest BCUT2D eigenvalue weighted by Crippen LogP contribution is -2.47. The van der Waals surface area contributed by atoms with Gasteiger partial charge in [-0.05, 0) is 18.2 Å². The van der Waals surface area contributed by atoms with Gasteiger partial charge < -0.3 is 16.8 Å². The summed E-state index contributed by atoms with van der Waals surface area (Å²) in [5.74, 6) is -0.227. The van der Waals surface area contributed by atoms with Gasteiger partial charge in [0.2, 0.25) is 0 Å². The van der Waals surface area contributed by atoms with E-state index < -0.39 is 5.66 Å². The van der Waals surface area contributed by atoms with Gasteiger partial charge in [0.15, 0.2) is 0 Å². The van der Waals surface area contributed by atoms with Crippen LogP contribution in [0.15, 0.2) is 48.1 Å². The number of carbonyl (C=O) groups excluding carboxylic acids is 1. The molecule has 0 unspecified atom stereocenters. The zero-order chi connectivity index (χ0) is 13.2. The van der Waals surface area contributed by atoms with Gasteiger partial charge in [-0.25, -0.2) is 0 Å². The maximum absolute atomic E-state index is 12.0. The summed E-state index contributed by atoms with van der Waals surface area (Å²) in [5, 5.41) is 3.23. The first-order chi connectivity index (χ1) is 8.48. The second-order valence-corrected chi connectivity index (χ2v) is 4.65. The number of rotatable bonds is 2. The van der Waals surface area contributed by atoms with E-state index in [9.17, 15) is 4.79 Å². The monoisotopic (exact) mass is 263 g/mol. The number of hydrogen-bond donors (Lipinski definition) is 3. The smallest absolute Gasteiger partial charge is 0.255 e. The molecular weight excluding hydrogens is 250 g/mol. The normalized spacial score (nSPS) is 17.2. The number of carbonyl (C=O) groups is 1. The predicted octanol–water partition coefficient (Wildman–Crippen LogP) is 1.78. The van der Waals surface area contributed by atoms with E-state index in [1.807, 2.05) is 0 Å². The molecule has 0 fully saturated rings. The molecule has 0 saturated carbocycles. The molecule has 1 aromatic carbocycles. The Morgan fingerprint density at radius 3 is 2.67 bits per heavy atom. The van der Waals surface area contributed by atoms with E-state index in [1.165, 1.54) is 0 Å². The summed E-state index contributed by atoms with van der Waals surface area (Å²) in [6.07, 6.45) is 5.38. The number of nitrogens with one attached hydrogen (secondary N) is 1. The molecule has 0 radical (unpaired) electrons. The van der Waals surface area contributed by atoms with E-state index in [2.05, 4.69) is 5.32 Å². The number of nitrogens with two attached hydrogens (primary N) is 2. The second-order valence-electron chi connectivity index (χ2n) is 4.24. The minimum Gasteiger partial charge on any atom is -0.321 e. The first-order valence-corrected chi connectivity index (χ1v) is 5.89. The van der Waals surface area contributed by atoms with Crippen molar-refractivity contribution in [1.82, 2.24) is 0 Å². The molecule has 1 aliphatic rings. The number of para-hydroxylation sites is 1. The van der Waals surface area contributed by atoms with Crippen molar-refractivity contribution < 1.29 is 4.79 Å². The Balaban J connectivity index is 2.09. The molecule has 0 aromatic heterocycles. The highest BCUT2D eigenvalue weighted by molar-refractivity contribution is 6.33. The molecule has 1 aliphatic carbocycles. The Bertz CT molecular complexity index is 535. The SMILES string of the molecule is NC1(N)C=CC(C(=O)Nc2ccccc2Cl)=CC1. The molecule has 0 spiro atoms. The summed E-state index contributed by atoms with van der Waals surface area (Å²) in [6.45, 7) is 0. The van der Waals surface area contributed by atoms with Crippen LogP contribution >= 0.6 is 11.6 Å². The van der Waals surface area contributed by atoms with E-state index >= 15 is 0 Å². The van der Waals surface area contributed by atoms with Gasteiger partial charge in [0.25, 0.3) is 5.91 Å². The average molecular weight is 264 g/mol. The molecule has 0 saturated heterocycles. The lowest BCUT2D eigenvalue weighted by molar-refractivity contribution is -0.112. The molecule has 5 heteroatoms. The summed E-state index contributed by atoms with van der Waals surface area (Å²) in [7, 11) is 0. The van der Waals surface area contributed by atoms with Crippen molar-refractivity contribution in [2.45, 2.75) is 12.1 Å². The second kappa shape index (κ2) is 4.94. The summed E-state index contributed by atoms with van der Waals surface area (Å²) in [6, 6.07) is 7.06. The molecule has 0 atom stereocenters.